The van der Waals surface area contributed by atoms with Crippen molar-refractivity contribution in [3.8, 4) is 0 Å². The Hall–Kier alpha value is -0.810. The number of hydrogen-bond acceptors (Lipinski definition) is 4. The van der Waals surface area contributed by atoms with E-state index in [1.54, 1.807) is 4.90 Å². The standard InChI is InChI=1S/C11H19NO4/c13-4-6-16-11(14)12(10-1-2-10)7-9-3-5-15-8-9/h9-10,13H,1-8H2. The van der Waals surface area contributed by atoms with E-state index < -0.39 is 0 Å². The number of amides is 1. The Morgan fingerprint density at radius 3 is 2.81 bits per heavy atom. The van der Waals surface area contributed by atoms with Crippen LogP contribution in [0.3, 0.4) is 0 Å². The van der Waals surface area contributed by atoms with Crippen LogP contribution in [0.15, 0.2) is 0 Å². The molecule has 2 fully saturated rings. The first-order valence-corrected chi connectivity index (χ1v) is 5.93. The Kier molecular flexibility index (Phi) is 4.01. The van der Waals surface area contributed by atoms with Crippen LogP contribution in [0.2, 0.25) is 0 Å². The Morgan fingerprint density at radius 2 is 2.25 bits per heavy atom. The van der Waals surface area contributed by atoms with Crippen molar-refractivity contribution in [3.05, 3.63) is 0 Å². The average molecular weight is 229 g/mol. The topological polar surface area (TPSA) is 59.0 Å². The van der Waals surface area contributed by atoms with Crippen molar-refractivity contribution in [1.29, 1.82) is 0 Å². The van der Waals surface area contributed by atoms with E-state index in [-0.39, 0.29) is 19.3 Å². The van der Waals surface area contributed by atoms with Crippen LogP contribution in [-0.2, 0) is 9.47 Å². The molecule has 2 rings (SSSR count). The Balaban J connectivity index is 1.81. The van der Waals surface area contributed by atoms with Gasteiger partial charge in [-0.3, -0.25) is 0 Å². The molecule has 2 aliphatic rings. The number of aliphatic hydroxyl groups excluding tert-OH is 1. The summed E-state index contributed by atoms with van der Waals surface area (Å²) in [6.45, 7) is 2.25. The maximum Gasteiger partial charge on any atom is 0.410 e. The number of rotatable bonds is 5. The van der Waals surface area contributed by atoms with Crippen LogP contribution in [0.25, 0.3) is 0 Å². The summed E-state index contributed by atoms with van der Waals surface area (Å²) in [4.78, 5) is 13.5. The fourth-order valence-electron chi connectivity index (χ4n) is 1.98. The first-order valence-electron chi connectivity index (χ1n) is 5.93. The number of hydrogen-bond donors (Lipinski definition) is 1. The van der Waals surface area contributed by atoms with Gasteiger partial charge < -0.3 is 19.5 Å². The predicted octanol–water partition coefficient (Wildman–Crippen LogP) is 0.616. The van der Waals surface area contributed by atoms with Crippen molar-refractivity contribution in [2.75, 3.05) is 33.0 Å². The summed E-state index contributed by atoms with van der Waals surface area (Å²) >= 11 is 0. The van der Waals surface area contributed by atoms with Crippen LogP contribution in [-0.4, -0.2) is 55.1 Å². The highest BCUT2D eigenvalue weighted by Gasteiger charge is 2.35. The van der Waals surface area contributed by atoms with E-state index in [9.17, 15) is 4.79 Å². The zero-order chi connectivity index (χ0) is 11.4. The van der Waals surface area contributed by atoms with Gasteiger partial charge in [0.2, 0.25) is 0 Å². The number of carbonyl (C=O) groups excluding carboxylic acids is 1. The second kappa shape index (κ2) is 5.50. The summed E-state index contributed by atoms with van der Waals surface area (Å²) in [5, 5.41) is 8.62. The molecule has 92 valence electrons. The molecule has 1 saturated carbocycles. The molecule has 5 nitrogen and oxygen atoms in total. The maximum atomic E-state index is 11.7. The van der Waals surface area contributed by atoms with Crippen molar-refractivity contribution in [1.82, 2.24) is 4.90 Å². The van der Waals surface area contributed by atoms with Crippen LogP contribution >= 0.6 is 0 Å². The van der Waals surface area contributed by atoms with Gasteiger partial charge in [-0.1, -0.05) is 0 Å². The second-order valence-corrected chi connectivity index (χ2v) is 4.45. The van der Waals surface area contributed by atoms with Gasteiger partial charge >= 0.3 is 6.09 Å². The minimum Gasteiger partial charge on any atom is -0.447 e. The smallest absolute Gasteiger partial charge is 0.410 e. The normalized spacial score (nSPS) is 24.4. The van der Waals surface area contributed by atoms with Crippen molar-refractivity contribution < 1.29 is 19.4 Å². The molecule has 0 radical (unpaired) electrons. The summed E-state index contributed by atoms with van der Waals surface area (Å²) < 4.78 is 10.3. The molecule has 0 aromatic heterocycles. The third-order valence-electron chi connectivity index (χ3n) is 3.02. The Bertz CT molecular complexity index is 236. The van der Waals surface area contributed by atoms with Crippen molar-refractivity contribution in [3.63, 3.8) is 0 Å². The maximum absolute atomic E-state index is 11.7. The summed E-state index contributed by atoms with van der Waals surface area (Å²) in [5.74, 6) is 0.447. The van der Waals surface area contributed by atoms with E-state index in [0.29, 0.717) is 12.0 Å². The van der Waals surface area contributed by atoms with Crippen LogP contribution in [0.4, 0.5) is 4.79 Å². The molecule has 1 unspecified atom stereocenters. The third kappa shape index (κ3) is 3.09. The van der Waals surface area contributed by atoms with Gasteiger partial charge in [0, 0.05) is 25.1 Å². The Morgan fingerprint density at radius 1 is 1.44 bits per heavy atom. The van der Waals surface area contributed by atoms with E-state index >= 15 is 0 Å². The fourth-order valence-corrected chi connectivity index (χ4v) is 1.98. The van der Waals surface area contributed by atoms with Crippen molar-refractivity contribution >= 4 is 6.09 Å². The fraction of sp³-hybridized carbons (Fsp3) is 0.909. The van der Waals surface area contributed by atoms with Gasteiger partial charge in [0.15, 0.2) is 0 Å². The first-order chi connectivity index (χ1) is 7.81. The van der Waals surface area contributed by atoms with Gasteiger partial charge in [0.1, 0.15) is 6.61 Å². The van der Waals surface area contributed by atoms with Crippen LogP contribution in [0.5, 0.6) is 0 Å². The molecule has 1 amide bonds. The van der Waals surface area contributed by atoms with E-state index in [1.807, 2.05) is 0 Å². The van der Waals surface area contributed by atoms with Crippen LogP contribution < -0.4 is 0 Å². The first kappa shape index (κ1) is 11.7. The summed E-state index contributed by atoms with van der Waals surface area (Å²) in [7, 11) is 0. The predicted molar refractivity (Wildman–Crippen MR) is 57.1 cm³/mol. The van der Waals surface area contributed by atoms with E-state index in [2.05, 4.69) is 0 Å². The highest BCUT2D eigenvalue weighted by Crippen LogP contribution is 2.29. The Labute approximate surface area is 95.3 Å². The van der Waals surface area contributed by atoms with Crippen molar-refractivity contribution in [2.24, 2.45) is 5.92 Å². The molecular formula is C11H19NO4. The quantitative estimate of drug-likeness (QED) is 0.750. The molecule has 1 aliphatic heterocycles. The number of nitrogens with zero attached hydrogens (tertiary/aromatic N) is 1. The van der Waals surface area contributed by atoms with Crippen LogP contribution in [0.1, 0.15) is 19.3 Å². The lowest BCUT2D eigenvalue weighted by Crippen LogP contribution is -2.38. The van der Waals surface area contributed by atoms with Gasteiger partial charge in [-0.2, -0.15) is 0 Å². The molecule has 0 bridgehead atoms. The second-order valence-electron chi connectivity index (χ2n) is 4.45. The number of carbonyl (C=O) groups is 1. The molecule has 16 heavy (non-hydrogen) atoms. The molecular weight excluding hydrogens is 210 g/mol. The molecule has 1 heterocycles. The van der Waals surface area contributed by atoms with Crippen molar-refractivity contribution in [2.45, 2.75) is 25.3 Å². The minimum absolute atomic E-state index is 0.0865. The zero-order valence-corrected chi connectivity index (χ0v) is 9.43. The number of aliphatic hydroxyl groups is 1. The number of ether oxygens (including phenoxy) is 2. The molecule has 1 N–H and O–H groups in total. The largest absolute Gasteiger partial charge is 0.447 e. The molecule has 5 heteroatoms. The summed E-state index contributed by atoms with van der Waals surface area (Å²) in [5.41, 5.74) is 0. The molecule has 1 aliphatic carbocycles. The summed E-state index contributed by atoms with van der Waals surface area (Å²) in [6, 6.07) is 0.354. The molecule has 0 aromatic rings. The molecule has 1 saturated heterocycles. The van der Waals surface area contributed by atoms with Crippen LogP contribution in [0, 0.1) is 5.92 Å². The minimum atomic E-state index is -0.288. The van der Waals surface area contributed by atoms with E-state index in [1.165, 1.54) is 0 Å². The van der Waals surface area contributed by atoms with Gasteiger partial charge in [-0.25, -0.2) is 4.79 Å². The average Bonchev–Trinajstić information content (AvgIpc) is 3.00. The van der Waals surface area contributed by atoms with E-state index in [0.717, 1.165) is 39.0 Å². The molecule has 1 atom stereocenters. The van der Waals surface area contributed by atoms with Gasteiger partial charge in [-0.05, 0) is 19.3 Å². The lowest BCUT2D eigenvalue weighted by atomic mass is 10.1. The van der Waals surface area contributed by atoms with Gasteiger partial charge in [0.25, 0.3) is 0 Å². The highest BCUT2D eigenvalue weighted by atomic mass is 16.6. The lowest BCUT2D eigenvalue weighted by molar-refractivity contribution is 0.0755. The van der Waals surface area contributed by atoms with Gasteiger partial charge in [-0.15, -0.1) is 0 Å². The highest BCUT2D eigenvalue weighted by molar-refractivity contribution is 5.68. The van der Waals surface area contributed by atoms with Gasteiger partial charge in [0.05, 0.1) is 13.2 Å². The monoisotopic (exact) mass is 229 g/mol. The molecule has 0 spiro atoms. The third-order valence-corrected chi connectivity index (χ3v) is 3.02. The zero-order valence-electron chi connectivity index (χ0n) is 9.43. The summed E-state index contributed by atoms with van der Waals surface area (Å²) in [6.07, 6.45) is 2.88. The van der Waals surface area contributed by atoms with E-state index in [4.69, 9.17) is 14.6 Å². The molecule has 0 aromatic carbocycles. The lowest BCUT2D eigenvalue weighted by Gasteiger charge is -2.24. The SMILES string of the molecule is O=C(OCCO)N(CC1CCOC1)C1CC1.